The van der Waals surface area contributed by atoms with Crippen molar-refractivity contribution in [2.75, 3.05) is 6.54 Å². The van der Waals surface area contributed by atoms with Gasteiger partial charge in [-0.1, -0.05) is 23.7 Å². The second kappa shape index (κ2) is 6.51. The van der Waals surface area contributed by atoms with Crippen molar-refractivity contribution in [1.82, 2.24) is 14.9 Å². The molecule has 0 unspecified atom stereocenters. The van der Waals surface area contributed by atoms with Gasteiger partial charge in [0.05, 0.1) is 5.69 Å². The molecule has 3 aromatic rings. The van der Waals surface area contributed by atoms with Crippen molar-refractivity contribution >= 4 is 22.5 Å². The van der Waals surface area contributed by atoms with Crippen LogP contribution >= 0.6 is 11.6 Å². The maximum absolute atomic E-state index is 6.07. The number of nitrogens with zero attached hydrogens (tertiary/aromatic N) is 2. The molecule has 0 radical (unpaired) electrons. The van der Waals surface area contributed by atoms with Crippen LogP contribution in [-0.2, 0) is 20.0 Å². The van der Waals surface area contributed by atoms with E-state index >= 15 is 0 Å². The number of aromatic nitrogens is 2. The van der Waals surface area contributed by atoms with Gasteiger partial charge in [0, 0.05) is 41.4 Å². The first-order valence-corrected chi connectivity index (χ1v) is 7.88. The standard InChI is InChI=1S/C18H20ClN3/c1-13-4-3-5-16(21-13)11-20-9-8-14-12-22(2)18-10-15(19)6-7-17(14)18/h3-7,10,12,20H,8-9,11H2,1-2H3. The molecule has 0 aliphatic rings. The summed E-state index contributed by atoms with van der Waals surface area (Å²) in [5.41, 5.74) is 4.68. The highest BCUT2D eigenvalue weighted by Gasteiger charge is 2.06. The van der Waals surface area contributed by atoms with Crippen molar-refractivity contribution in [3.05, 3.63) is 64.6 Å². The van der Waals surface area contributed by atoms with Crippen LogP contribution in [0, 0.1) is 6.92 Å². The summed E-state index contributed by atoms with van der Waals surface area (Å²) in [6, 6.07) is 12.2. The predicted molar refractivity (Wildman–Crippen MR) is 92.3 cm³/mol. The molecule has 0 atom stereocenters. The van der Waals surface area contributed by atoms with Gasteiger partial charge in [0.1, 0.15) is 0 Å². The average Bonchev–Trinajstić information content (AvgIpc) is 2.80. The van der Waals surface area contributed by atoms with Gasteiger partial charge in [-0.25, -0.2) is 0 Å². The van der Waals surface area contributed by atoms with E-state index in [1.54, 1.807) is 0 Å². The summed E-state index contributed by atoms with van der Waals surface area (Å²) in [6.45, 7) is 3.75. The quantitative estimate of drug-likeness (QED) is 0.725. The molecule has 0 saturated heterocycles. The zero-order chi connectivity index (χ0) is 15.5. The minimum absolute atomic E-state index is 0.781. The number of aryl methyl sites for hydroxylation is 2. The van der Waals surface area contributed by atoms with Crippen molar-refractivity contribution < 1.29 is 0 Å². The van der Waals surface area contributed by atoms with Crippen molar-refractivity contribution in [3.63, 3.8) is 0 Å². The lowest BCUT2D eigenvalue weighted by Gasteiger charge is -2.05. The fraction of sp³-hybridized carbons (Fsp3) is 0.278. The topological polar surface area (TPSA) is 29.9 Å². The van der Waals surface area contributed by atoms with Gasteiger partial charge >= 0.3 is 0 Å². The summed E-state index contributed by atoms with van der Waals surface area (Å²) in [5, 5.41) is 5.53. The van der Waals surface area contributed by atoms with E-state index in [0.29, 0.717) is 0 Å². The number of hydrogen-bond donors (Lipinski definition) is 1. The first kappa shape index (κ1) is 15.1. The fourth-order valence-corrected chi connectivity index (χ4v) is 2.94. The first-order chi connectivity index (χ1) is 10.6. The molecule has 2 aromatic heterocycles. The van der Waals surface area contributed by atoms with Gasteiger partial charge in [0.2, 0.25) is 0 Å². The van der Waals surface area contributed by atoms with Crippen LogP contribution in [0.4, 0.5) is 0 Å². The van der Waals surface area contributed by atoms with Crippen LogP contribution in [-0.4, -0.2) is 16.1 Å². The molecule has 3 rings (SSSR count). The van der Waals surface area contributed by atoms with Crippen LogP contribution in [0.3, 0.4) is 0 Å². The third-order valence-electron chi connectivity index (χ3n) is 3.86. The number of fused-ring (bicyclic) bond motifs is 1. The zero-order valence-corrected chi connectivity index (χ0v) is 13.7. The Bertz CT molecular complexity index is 792. The molecule has 0 fully saturated rings. The summed E-state index contributed by atoms with van der Waals surface area (Å²) in [7, 11) is 2.06. The monoisotopic (exact) mass is 313 g/mol. The number of benzene rings is 1. The number of pyridine rings is 1. The van der Waals surface area contributed by atoms with Gasteiger partial charge in [-0.05, 0) is 49.7 Å². The van der Waals surface area contributed by atoms with Crippen LogP contribution in [0.1, 0.15) is 17.0 Å². The average molecular weight is 314 g/mol. The van der Waals surface area contributed by atoms with E-state index in [9.17, 15) is 0 Å². The Morgan fingerprint density at radius 2 is 2.09 bits per heavy atom. The van der Waals surface area contributed by atoms with Crippen molar-refractivity contribution in [2.45, 2.75) is 19.9 Å². The predicted octanol–water partition coefficient (Wildman–Crippen LogP) is 3.87. The largest absolute Gasteiger partial charge is 0.350 e. The molecule has 0 amide bonds. The molecule has 2 heterocycles. The molecule has 0 spiro atoms. The van der Waals surface area contributed by atoms with Gasteiger partial charge in [-0.15, -0.1) is 0 Å². The van der Waals surface area contributed by atoms with E-state index in [-0.39, 0.29) is 0 Å². The van der Waals surface area contributed by atoms with Crippen molar-refractivity contribution in [1.29, 1.82) is 0 Å². The van der Waals surface area contributed by atoms with E-state index in [1.165, 1.54) is 16.5 Å². The second-order valence-corrected chi connectivity index (χ2v) is 6.06. The summed E-state index contributed by atoms with van der Waals surface area (Å²) in [6.07, 6.45) is 3.18. The smallest absolute Gasteiger partial charge is 0.0544 e. The fourth-order valence-electron chi connectivity index (χ4n) is 2.78. The Balaban J connectivity index is 1.62. The highest BCUT2D eigenvalue weighted by atomic mass is 35.5. The van der Waals surface area contributed by atoms with Crippen LogP contribution in [0.2, 0.25) is 5.02 Å². The maximum Gasteiger partial charge on any atom is 0.0544 e. The highest BCUT2D eigenvalue weighted by molar-refractivity contribution is 6.31. The summed E-state index contributed by atoms with van der Waals surface area (Å²) in [5.74, 6) is 0. The summed E-state index contributed by atoms with van der Waals surface area (Å²) in [4.78, 5) is 4.50. The molecule has 1 N–H and O–H groups in total. The maximum atomic E-state index is 6.07. The second-order valence-electron chi connectivity index (χ2n) is 5.62. The minimum Gasteiger partial charge on any atom is -0.350 e. The minimum atomic E-state index is 0.781. The lowest BCUT2D eigenvalue weighted by molar-refractivity contribution is 0.674. The van der Waals surface area contributed by atoms with E-state index in [2.05, 4.69) is 40.2 Å². The van der Waals surface area contributed by atoms with E-state index < -0.39 is 0 Å². The number of halogens is 1. The van der Waals surface area contributed by atoms with Crippen molar-refractivity contribution in [3.8, 4) is 0 Å². The molecular weight excluding hydrogens is 294 g/mol. The molecule has 4 heteroatoms. The Labute approximate surface area is 135 Å². The molecule has 0 aliphatic carbocycles. The Hall–Kier alpha value is -1.84. The van der Waals surface area contributed by atoms with Gasteiger partial charge in [-0.2, -0.15) is 0 Å². The van der Waals surface area contributed by atoms with Gasteiger partial charge in [0.15, 0.2) is 0 Å². The molecule has 3 nitrogen and oxygen atoms in total. The van der Waals surface area contributed by atoms with E-state index in [4.69, 9.17) is 11.6 Å². The van der Waals surface area contributed by atoms with Crippen LogP contribution < -0.4 is 5.32 Å². The third kappa shape index (κ3) is 3.32. The lowest BCUT2D eigenvalue weighted by atomic mass is 10.1. The molecule has 0 aliphatic heterocycles. The Morgan fingerprint density at radius 3 is 2.91 bits per heavy atom. The van der Waals surface area contributed by atoms with Crippen LogP contribution in [0.5, 0.6) is 0 Å². The van der Waals surface area contributed by atoms with Gasteiger partial charge in [-0.3, -0.25) is 4.98 Å². The lowest BCUT2D eigenvalue weighted by Crippen LogP contribution is -2.17. The molecule has 114 valence electrons. The zero-order valence-electron chi connectivity index (χ0n) is 12.9. The SMILES string of the molecule is Cc1cccc(CNCCc2cn(C)c3cc(Cl)ccc23)n1. The normalized spacial score (nSPS) is 11.2. The van der Waals surface area contributed by atoms with Gasteiger partial charge in [0.25, 0.3) is 0 Å². The third-order valence-corrected chi connectivity index (χ3v) is 4.09. The van der Waals surface area contributed by atoms with Crippen LogP contribution in [0.25, 0.3) is 10.9 Å². The van der Waals surface area contributed by atoms with E-state index in [1.807, 2.05) is 31.2 Å². The Morgan fingerprint density at radius 1 is 1.23 bits per heavy atom. The Kier molecular flexibility index (Phi) is 4.46. The van der Waals surface area contributed by atoms with Crippen molar-refractivity contribution in [2.24, 2.45) is 7.05 Å². The van der Waals surface area contributed by atoms with Crippen LogP contribution in [0.15, 0.2) is 42.6 Å². The molecule has 0 bridgehead atoms. The number of nitrogens with one attached hydrogen (secondary N) is 1. The molecule has 0 saturated carbocycles. The summed E-state index contributed by atoms with van der Waals surface area (Å²) >= 11 is 6.07. The molecule has 22 heavy (non-hydrogen) atoms. The number of hydrogen-bond acceptors (Lipinski definition) is 2. The summed E-state index contributed by atoms with van der Waals surface area (Å²) < 4.78 is 2.14. The highest BCUT2D eigenvalue weighted by Crippen LogP contribution is 2.24. The first-order valence-electron chi connectivity index (χ1n) is 7.50. The van der Waals surface area contributed by atoms with Gasteiger partial charge < -0.3 is 9.88 Å². The number of rotatable bonds is 5. The molecule has 1 aromatic carbocycles. The van der Waals surface area contributed by atoms with E-state index in [0.717, 1.165) is 35.9 Å². The molecular formula is C18H20ClN3.